The number of rotatable bonds is 7. The van der Waals surface area contributed by atoms with Crippen molar-refractivity contribution >= 4 is 27.5 Å². The minimum absolute atomic E-state index is 0.0248. The van der Waals surface area contributed by atoms with E-state index in [-0.39, 0.29) is 29.2 Å². The van der Waals surface area contributed by atoms with Crippen LogP contribution in [0.2, 0.25) is 0 Å². The van der Waals surface area contributed by atoms with Crippen LogP contribution in [0.4, 0.5) is 0 Å². The summed E-state index contributed by atoms with van der Waals surface area (Å²) in [5.41, 5.74) is 0. The molecular formula is C15H24N4O3S2. The van der Waals surface area contributed by atoms with Gasteiger partial charge in [0.05, 0.1) is 17.3 Å². The van der Waals surface area contributed by atoms with E-state index in [1.165, 1.54) is 24.6 Å². The molecule has 2 fully saturated rings. The summed E-state index contributed by atoms with van der Waals surface area (Å²) in [5, 5.41) is 9.29. The maximum Gasteiger partial charge on any atom is 0.233 e. The summed E-state index contributed by atoms with van der Waals surface area (Å²) in [6.07, 6.45) is 2.88. The van der Waals surface area contributed by atoms with Gasteiger partial charge in [-0.1, -0.05) is 11.8 Å². The van der Waals surface area contributed by atoms with E-state index in [4.69, 9.17) is 0 Å². The Kier molecular flexibility index (Phi) is 5.19. The number of aromatic nitrogens is 3. The van der Waals surface area contributed by atoms with Crippen molar-refractivity contribution in [3.05, 3.63) is 5.82 Å². The number of sulfone groups is 1. The molecule has 9 heteroatoms. The summed E-state index contributed by atoms with van der Waals surface area (Å²) < 4.78 is 25.4. The number of amides is 1. The molecule has 1 unspecified atom stereocenters. The monoisotopic (exact) mass is 372 g/mol. The SMILES string of the molecule is CCN(C(=O)CSc1nnc(C2CC2)n1CC)C1CCS(=O)(=O)C1. The highest BCUT2D eigenvalue weighted by molar-refractivity contribution is 7.99. The summed E-state index contributed by atoms with van der Waals surface area (Å²) in [6.45, 7) is 5.29. The van der Waals surface area contributed by atoms with Crippen LogP contribution in [0.25, 0.3) is 0 Å². The van der Waals surface area contributed by atoms with Gasteiger partial charge in [-0.3, -0.25) is 4.79 Å². The van der Waals surface area contributed by atoms with Crippen molar-refractivity contribution in [2.45, 2.75) is 56.8 Å². The van der Waals surface area contributed by atoms with Crippen molar-refractivity contribution in [3.63, 3.8) is 0 Å². The van der Waals surface area contributed by atoms with Crippen LogP contribution < -0.4 is 0 Å². The Hall–Kier alpha value is -1.09. The van der Waals surface area contributed by atoms with Crippen molar-refractivity contribution in [1.82, 2.24) is 19.7 Å². The number of hydrogen-bond donors (Lipinski definition) is 0. The fraction of sp³-hybridized carbons (Fsp3) is 0.800. The second-order valence-electron chi connectivity index (χ2n) is 6.38. The summed E-state index contributed by atoms with van der Waals surface area (Å²) in [7, 11) is -2.99. The summed E-state index contributed by atoms with van der Waals surface area (Å²) in [6, 6.07) is -0.181. The molecule has 1 aliphatic carbocycles. The lowest BCUT2D eigenvalue weighted by Gasteiger charge is -2.26. The highest BCUT2D eigenvalue weighted by Gasteiger charge is 2.34. The maximum absolute atomic E-state index is 12.6. The van der Waals surface area contributed by atoms with E-state index >= 15 is 0 Å². The molecule has 2 aliphatic rings. The normalized spacial score (nSPS) is 22.7. The first-order valence-electron chi connectivity index (χ1n) is 8.51. The molecule has 134 valence electrons. The van der Waals surface area contributed by atoms with Gasteiger partial charge in [0.15, 0.2) is 15.0 Å². The van der Waals surface area contributed by atoms with E-state index in [9.17, 15) is 13.2 Å². The van der Waals surface area contributed by atoms with Crippen LogP contribution in [0.15, 0.2) is 5.16 Å². The van der Waals surface area contributed by atoms with Crippen molar-refractivity contribution in [1.29, 1.82) is 0 Å². The van der Waals surface area contributed by atoms with E-state index in [1.807, 2.05) is 6.92 Å². The molecule has 3 rings (SSSR count). The first-order chi connectivity index (χ1) is 11.4. The van der Waals surface area contributed by atoms with E-state index in [2.05, 4.69) is 21.7 Å². The van der Waals surface area contributed by atoms with Crippen molar-refractivity contribution in [3.8, 4) is 0 Å². The highest BCUT2D eigenvalue weighted by Crippen LogP contribution is 2.40. The Labute approximate surface area is 147 Å². The van der Waals surface area contributed by atoms with E-state index in [0.717, 1.165) is 17.5 Å². The zero-order chi connectivity index (χ0) is 17.3. The van der Waals surface area contributed by atoms with Crippen LogP contribution in [0, 0.1) is 0 Å². The lowest BCUT2D eigenvalue weighted by Crippen LogP contribution is -2.42. The van der Waals surface area contributed by atoms with Crippen molar-refractivity contribution in [2.75, 3.05) is 23.8 Å². The molecule has 2 heterocycles. The van der Waals surface area contributed by atoms with Gasteiger partial charge in [-0.2, -0.15) is 0 Å². The third kappa shape index (κ3) is 3.77. The second kappa shape index (κ2) is 7.03. The first kappa shape index (κ1) is 17.7. The molecule has 24 heavy (non-hydrogen) atoms. The fourth-order valence-electron chi connectivity index (χ4n) is 3.22. The van der Waals surface area contributed by atoms with Crippen molar-refractivity contribution in [2.24, 2.45) is 0 Å². The number of nitrogens with zero attached hydrogens (tertiary/aromatic N) is 4. The molecule has 1 aromatic heterocycles. The van der Waals surface area contributed by atoms with Crippen LogP contribution in [0.3, 0.4) is 0 Å². The average Bonchev–Trinajstić information content (AvgIpc) is 3.21. The number of carbonyl (C=O) groups excluding carboxylic acids is 1. The molecule has 1 aromatic rings. The molecule has 1 aliphatic heterocycles. The smallest absolute Gasteiger partial charge is 0.233 e. The Balaban J connectivity index is 1.62. The Morgan fingerprint density at radius 3 is 2.58 bits per heavy atom. The standard InChI is InChI=1S/C15H24N4O3S2/c1-3-18(12-7-8-24(21,22)10-12)13(20)9-23-15-17-16-14(11-5-6-11)19(15)4-2/h11-12H,3-10H2,1-2H3. The largest absolute Gasteiger partial charge is 0.338 e. The third-order valence-electron chi connectivity index (χ3n) is 4.64. The molecular weight excluding hydrogens is 348 g/mol. The lowest BCUT2D eigenvalue weighted by molar-refractivity contribution is -0.129. The topological polar surface area (TPSA) is 85.2 Å². The Morgan fingerprint density at radius 2 is 2.04 bits per heavy atom. The molecule has 1 saturated heterocycles. The van der Waals surface area contributed by atoms with Crippen LogP contribution in [0.5, 0.6) is 0 Å². The van der Waals surface area contributed by atoms with E-state index in [0.29, 0.717) is 18.9 Å². The Bertz CT molecular complexity index is 712. The maximum atomic E-state index is 12.6. The van der Waals surface area contributed by atoms with Crippen LogP contribution in [0.1, 0.15) is 44.9 Å². The zero-order valence-electron chi connectivity index (χ0n) is 14.1. The Morgan fingerprint density at radius 1 is 1.29 bits per heavy atom. The van der Waals surface area contributed by atoms with Gasteiger partial charge in [0.2, 0.25) is 5.91 Å². The number of carbonyl (C=O) groups is 1. The minimum Gasteiger partial charge on any atom is -0.338 e. The summed E-state index contributed by atoms with van der Waals surface area (Å²) in [5.74, 6) is 2.08. The molecule has 0 radical (unpaired) electrons. The van der Waals surface area contributed by atoms with Gasteiger partial charge in [0.1, 0.15) is 5.82 Å². The highest BCUT2D eigenvalue weighted by atomic mass is 32.2. The van der Waals surface area contributed by atoms with Gasteiger partial charge in [0, 0.05) is 25.0 Å². The second-order valence-corrected chi connectivity index (χ2v) is 9.56. The molecule has 1 amide bonds. The molecule has 0 spiro atoms. The number of thioether (sulfide) groups is 1. The average molecular weight is 373 g/mol. The summed E-state index contributed by atoms with van der Waals surface area (Å²) >= 11 is 1.40. The van der Waals surface area contributed by atoms with Crippen molar-refractivity contribution < 1.29 is 13.2 Å². The fourth-order valence-corrected chi connectivity index (χ4v) is 5.84. The molecule has 1 atom stereocenters. The third-order valence-corrected chi connectivity index (χ3v) is 7.34. The quantitative estimate of drug-likeness (QED) is 0.671. The molecule has 0 N–H and O–H groups in total. The lowest BCUT2D eigenvalue weighted by atomic mass is 10.2. The van der Waals surface area contributed by atoms with Crippen LogP contribution in [-0.4, -0.2) is 63.8 Å². The van der Waals surface area contributed by atoms with Gasteiger partial charge in [-0.15, -0.1) is 10.2 Å². The molecule has 1 saturated carbocycles. The predicted octanol–water partition coefficient (Wildman–Crippen LogP) is 1.30. The molecule has 7 nitrogen and oxygen atoms in total. The number of hydrogen-bond acceptors (Lipinski definition) is 6. The van der Waals surface area contributed by atoms with Gasteiger partial charge in [0.25, 0.3) is 0 Å². The first-order valence-corrected chi connectivity index (χ1v) is 11.3. The molecule has 0 bridgehead atoms. The molecule has 0 aromatic carbocycles. The van der Waals surface area contributed by atoms with Gasteiger partial charge < -0.3 is 9.47 Å². The van der Waals surface area contributed by atoms with Crippen LogP contribution >= 0.6 is 11.8 Å². The van der Waals surface area contributed by atoms with E-state index in [1.54, 1.807) is 4.90 Å². The minimum atomic E-state index is -2.99. The van der Waals surface area contributed by atoms with Gasteiger partial charge in [-0.25, -0.2) is 8.42 Å². The van der Waals surface area contributed by atoms with E-state index < -0.39 is 9.84 Å². The predicted molar refractivity (Wildman–Crippen MR) is 92.8 cm³/mol. The summed E-state index contributed by atoms with van der Waals surface area (Å²) in [4.78, 5) is 14.3. The van der Waals surface area contributed by atoms with Crippen LogP contribution in [-0.2, 0) is 21.2 Å². The van der Waals surface area contributed by atoms with Gasteiger partial charge >= 0.3 is 0 Å². The van der Waals surface area contributed by atoms with Gasteiger partial charge in [-0.05, 0) is 33.1 Å². The zero-order valence-corrected chi connectivity index (χ0v) is 15.8.